The molecule has 2 aromatic carbocycles. The van der Waals surface area contributed by atoms with Crippen LogP contribution in [-0.4, -0.2) is 52.9 Å². The maximum absolute atomic E-state index is 13.8. The van der Waals surface area contributed by atoms with Gasteiger partial charge in [-0.3, -0.25) is 31.2 Å². The SMILES string of the molecule is C[C@@H]1CCC[C@H](C)N1CCCCCN1C(=O)C(c2cccc(C(=N)N)c2)Cc2ccc(C(=N)NO)cc21. The molecular weight excluding hydrogens is 464 g/mol. The Morgan fingerprint density at radius 2 is 1.76 bits per heavy atom. The average molecular weight is 505 g/mol. The number of rotatable bonds is 9. The highest BCUT2D eigenvalue weighted by molar-refractivity contribution is 6.04. The number of amidine groups is 2. The number of hydrogen-bond donors (Lipinski definition) is 5. The third-order valence-electron chi connectivity index (χ3n) is 8.04. The van der Waals surface area contributed by atoms with E-state index in [2.05, 4.69) is 18.7 Å². The van der Waals surface area contributed by atoms with Crippen LogP contribution in [0.15, 0.2) is 42.5 Å². The van der Waals surface area contributed by atoms with E-state index < -0.39 is 0 Å². The van der Waals surface area contributed by atoms with Crippen LogP contribution < -0.4 is 16.1 Å². The van der Waals surface area contributed by atoms with Gasteiger partial charge in [-0.1, -0.05) is 43.2 Å². The van der Waals surface area contributed by atoms with Gasteiger partial charge in [0.05, 0.1) is 5.92 Å². The van der Waals surface area contributed by atoms with Crippen molar-refractivity contribution >= 4 is 23.3 Å². The van der Waals surface area contributed by atoms with Crippen LogP contribution in [0.3, 0.4) is 0 Å². The number of hydroxylamine groups is 1. The number of anilines is 1. The fraction of sp³-hybridized carbons (Fsp3) is 0.483. The van der Waals surface area contributed by atoms with Crippen molar-refractivity contribution in [2.24, 2.45) is 5.73 Å². The van der Waals surface area contributed by atoms with Gasteiger partial charge in [-0.2, -0.15) is 0 Å². The van der Waals surface area contributed by atoms with E-state index in [9.17, 15) is 10.0 Å². The van der Waals surface area contributed by atoms with Crippen LogP contribution in [0.1, 0.15) is 80.5 Å². The fourth-order valence-corrected chi connectivity index (χ4v) is 5.89. The quantitative estimate of drug-likeness (QED) is 0.150. The Bertz CT molecular complexity index is 1140. The van der Waals surface area contributed by atoms with Gasteiger partial charge in [-0.25, -0.2) is 0 Å². The lowest BCUT2D eigenvalue weighted by Gasteiger charge is -2.39. The van der Waals surface area contributed by atoms with E-state index in [4.69, 9.17) is 16.6 Å². The van der Waals surface area contributed by atoms with E-state index in [0.717, 1.165) is 42.6 Å². The van der Waals surface area contributed by atoms with Crippen molar-refractivity contribution < 1.29 is 10.0 Å². The fourth-order valence-electron chi connectivity index (χ4n) is 5.89. The molecular formula is C29H40N6O2. The molecule has 1 saturated heterocycles. The molecule has 1 fully saturated rings. The normalized spacial score (nSPS) is 22.0. The molecule has 0 aliphatic carbocycles. The van der Waals surface area contributed by atoms with E-state index in [0.29, 0.717) is 36.2 Å². The lowest BCUT2D eigenvalue weighted by molar-refractivity contribution is -0.120. The van der Waals surface area contributed by atoms with Gasteiger partial charge in [-0.15, -0.1) is 0 Å². The van der Waals surface area contributed by atoms with Crippen LogP contribution in [0.4, 0.5) is 5.69 Å². The topological polar surface area (TPSA) is 130 Å². The molecule has 0 saturated carbocycles. The number of carbonyl (C=O) groups excluding carboxylic acids is 1. The van der Waals surface area contributed by atoms with Gasteiger partial charge in [0.2, 0.25) is 5.91 Å². The summed E-state index contributed by atoms with van der Waals surface area (Å²) in [5.74, 6) is -0.453. The summed E-state index contributed by atoms with van der Waals surface area (Å²) in [5, 5.41) is 25.0. The molecule has 0 aromatic heterocycles. The highest BCUT2D eigenvalue weighted by atomic mass is 16.5. The van der Waals surface area contributed by atoms with E-state index >= 15 is 0 Å². The van der Waals surface area contributed by atoms with Crippen molar-refractivity contribution in [3.63, 3.8) is 0 Å². The zero-order valence-electron chi connectivity index (χ0n) is 22.0. The van der Waals surface area contributed by atoms with Gasteiger partial charge in [0, 0.05) is 35.4 Å². The predicted octanol–water partition coefficient (Wildman–Crippen LogP) is 4.38. The summed E-state index contributed by atoms with van der Waals surface area (Å²) < 4.78 is 0. The molecule has 37 heavy (non-hydrogen) atoms. The first kappa shape index (κ1) is 26.8. The lowest BCUT2D eigenvalue weighted by Crippen LogP contribution is -2.44. The first-order valence-corrected chi connectivity index (χ1v) is 13.4. The summed E-state index contributed by atoms with van der Waals surface area (Å²) in [6.45, 7) is 6.35. The Morgan fingerprint density at radius 3 is 2.46 bits per heavy atom. The lowest BCUT2D eigenvalue weighted by atomic mass is 9.85. The van der Waals surface area contributed by atoms with Crippen LogP contribution in [0.25, 0.3) is 0 Å². The van der Waals surface area contributed by atoms with Crippen molar-refractivity contribution in [3.8, 4) is 0 Å². The Labute approximate surface area is 219 Å². The minimum absolute atomic E-state index is 0.0145. The maximum Gasteiger partial charge on any atom is 0.234 e. The Morgan fingerprint density at radius 1 is 1.03 bits per heavy atom. The smallest absolute Gasteiger partial charge is 0.234 e. The second-order valence-corrected chi connectivity index (χ2v) is 10.5. The summed E-state index contributed by atoms with van der Waals surface area (Å²) in [4.78, 5) is 18.3. The van der Waals surface area contributed by atoms with E-state index in [1.54, 1.807) is 12.1 Å². The number of unbranched alkanes of at least 4 members (excludes halogenated alkanes) is 2. The highest BCUT2D eigenvalue weighted by Crippen LogP contribution is 2.37. The molecule has 2 aromatic rings. The zero-order valence-corrected chi connectivity index (χ0v) is 22.0. The number of amides is 1. The van der Waals surface area contributed by atoms with Crippen LogP contribution in [0, 0.1) is 10.8 Å². The molecule has 3 atom stereocenters. The van der Waals surface area contributed by atoms with Gasteiger partial charge < -0.3 is 10.6 Å². The number of nitrogens with one attached hydrogen (secondary N) is 3. The molecule has 2 heterocycles. The minimum atomic E-state index is -0.358. The standard InChI is InChI=1S/C29H40N6O2/c1-19-8-6-9-20(2)34(19)14-4-3-5-15-35-26-18-24(28(32)33-37)13-12-22(26)17-25(29(35)36)21-10-7-11-23(16-21)27(30)31/h7,10-13,16,18-20,25,37H,3-6,8-9,14-15,17H2,1-2H3,(H3,30,31)(H2,32,33)/t19-,20+,25?. The Hall–Kier alpha value is -3.23. The van der Waals surface area contributed by atoms with Crippen LogP contribution in [0.2, 0.25) is 0 Å². The van der Waals surface area contributed by atoms with Crippen molar-refractivity contribution in [2.45, 2.75) is 76.8 Å². The number of likely N-dealkylation sites (tertiary alicyclic amines) is 1. The number of benzene rings is 2. The first-order chi connectivity index (χ1) is 17.8. The third kappa shape index (κ3) is 6.02. The molecule has 8 heteroatoms. The van der Waals surface area contributed by atoms with Gasteiger partial charge in [0.15, 0.2) is 0 Å². The first-order valence-electron chi connectivity index (χ1n) is 13.4. The monoisotopic (exact) mass is 504 g/mol. The molecule has 0 bridgehead atoms. The van der Waals surface area contributed by atoms with Gasteiger partial charge in [0.1, 0.15) is 11.7 Å². The Kier molecular flexibility index (Phi) is 8.61. The summed E-state index contributed by atoms with van der Waals surface area (Å²) in [6, 6.07) is 14.2. The number of hydrogen-bond acceptors (Lipinski definition) is 5. The molecule has 2 aliphatic heterocycles. The third-order valence-corrected chi connectivity index (χ3v) is 8.04. The molecule has 1 unspecified atom stereocenters. The van der Waals surface area contributed by atoms with Crippen molar-refractivity contribution in [1.29, 1.82) is 10.8 Å². The molecule has 8 nitrogen and oxygen atoms in total. The number of fused-ring (bicyclic) bond motifs is 1. The van der Waals surface area contributed by atoms with Crippen molar-refractivity contribution in [3.05, 3.63) is 64.7 Å². The van der Waals surface area contributed by atoms with Gasteiger partial charge >= 0.3 is 0 Å². The molecule has 0 radical (unpaired) electrons. The second-order valence-electron chi connectivity index (χ2n) is 10.5. The highest BCUT2D eigenvalue weighted by Gasteiger charge is 2.34. The number of piperidine rings is 1. The summed E-state index contributed by atoms with van der Waals surface area (Å²) >= 11 is 0. The van der Waals surface area contributed by atoms with Crippen molar-refractivity contribution in [1.82, 2.24) is 10.4 Å². The average Bonchev–Trinajstić information content (AvgIpc) is 2.90. The summed E-state index contributed by atoms with van der Waals surface area (Å²) in [5.41, 5.74) is 11.5. The maximum atomic E-state index is 13.8. The molecule has 0 spiro atoms. The summed E-state index contributed by atoms with van der Waals surface area (Å²) in [7, 11) is 0. The predicted molar refractivity (Wildman–Crippen MR) is 148 cm³/mol. The molecule has 6 N–H and O–H groups in total. The van der Waals surface area contributed by atoms with Crippen LogP contribution in [-0.2, 0) is 11.2 Å². The van der Waals surface area contributed by atoms with E-state index in [1.807, 2.05) is 40.7 Å². The van der Waals surface area contributed by atoms with Crippen LogP contribution >= 0.6 is 0 Å². The molecule has 2 aliphatic rings. The van der Waals surface area contributed by atoms with Crippen LogP contribution in [0.5, 0.6) is 0 Å². The number of nitrogens with zero attached hydrogens (tertiary/aromatic N) is 2. The van der Waals surface area contributed by atoms with Crippen molar-refractivity contribution in [2.75, 3.05) is 18.0 Å². The van der Waals surface area contributed by atoms with Gasteiger partial charge in [-0.05, 0) is 75.8 Å². The minimum Gasteiger partial charge on any atom is -0.384 e. The Balaban J connectivity index is 1.51. The molecule has 1 amide bonds. The second kappa shape index (κ2) is 11.9. The van der Waals surface area contributed by atoms with Gasteiger partial charge in [0.25, 0.3) is 0 Å². The largest absolute Gasteiger partial charge is 0.384 e. The van der Waals surface area contributed by atoms with E-state index in [-0.39, 0.29) is 23.5 Å². The summed E-state index contributed by atoms with van der Waals surface area (Å²) in [6.07, 6.45) is 7.43. The number of nitrogen functional groups attached to an aromatic ring is 1. The molecule has 4 rings (SSSR count). The number of carbonyl (C=O) groups is 1. The molecule has 198 valence electrons. The van der Waals surface area contributed by atoms with E-state index in [1.165, 1.54) is 19.3 Å². The number of nitrogens with two attached hydrogens (primary N) is 1. The zero-order chi connectivity index (χ0) is 26.5.